The molecule has 0 saturated carbocycles. The van der Waals surface area contributed by atoms with Gasteiger partial charge in [0.05, 0.1) is 28.4 Å². The van der Waals surface area contributed by atoms with Crippen molar-refractivity contribution >= 4 is 17.5 Å². The zero-order chi connectivity index (χ0) is 22.8. The van der Waals surface area contributed by atoms with E-state index in [2.05, 4.69) is 21.5 Å². The normalized spacial score (nSPS) is 11.3. The van der Waals surface area contributed by atoms with E-state index >= 15 is 0 Å². The predicted molar refractivity (Wildman–Crippen MR) is 119 cm³/mol. The molecule has 0 fully saturated rings. The van der Waals surface area contributed by atoms with Gasteiger partial charge < -0.3 is 10.4 Å². The first-order chi connectivity index (χ1) is 14.6. The van der Waals surface area contributed by atoms with Gasteiger partial charge >= 0.3 is 0 Å². The highest BCUT2D eigenvalue weighted by Gasteiger charge is 2.17. The molecular weight excluding hydrogens is 414 g/mol. The van der Waals surface area contributed by atoms with Gasteiger partial charge in [-0.25, -0.2) is 0 Å². The van der Waals surface area contributed by atoms with Crippen LogP contribution < -0.4 is 5.32 Å². The van der Waals surface area contributed by atoms with E-state index in [4.69, 9.17) is 16.9 Å². The summed E-state index contributed by atoms with van der Waals surface area (Å²) in [6, 6.07) is 10.9. The molecule has 1 aromatic carbocycles. The summed E-state index contributed by atoms with van der Waals surface area (Å²) in [6.07, 6.45) is 1.65. The maximum absolute atomic E-state index is 12.2. The molecule has 3 aromatic rings. The molecule has 2 N–H and O–H groups in total. The molecule has 0 unspecified atom stereocenters. The second kappa shape index (κ2) is 8.88. The van der Waals surface area contributed by atoms with Gasteiger partial charge in [-0.1, -0.05) is 23.7 Å². The molecule has 1 amide bonds. The third-order valence-electron chi connectivity index (χ3n) is 4.83. The number of rotatable bonds is 6. The van der Waals surface area contributed by atoms with Crippen LogP contribution >= 0.6 is 11.6 Å². The number of hydrogen-bond acceptors (Lipinski definition) is 5. The summed E-state index contributed by atoms with van der Waals surface area (Å²) >= 11 is 6.20. The highest BCUT2D eigenvalue weighted by Crippen LogP contribution is 2.30. The van der Waals surface area contributed by atoms with Gasteiger partial charge in [0.1, 0.15) is 11.8 Å². The maximum atomic E-state index is 12.2. The van der Waals surface area contributed by atoms with Crippen LogP contribution in [0.4, 0.5) is 0 Å². The van der Waals surface area contributed by atoms with Gasteiger partial charge in [-0.05, 0) is 57.0 Å². The zero-order valence-electron chi connectivity index (χ0n) is 17.9. The number of aryl methyl sites for hydroxylation is 1. The lowest BCUT2D eigenvalue weighted by molar-refractivity contribution is 0.0692. The fourth-order valence-corrected chi connectivity index (χ4v) is 3.47. The number of aromatic nitrogens is 3. The van der Waals surface area contributed by atoms with Crippen LogP contribution in [0.3, 0.4) is 0 Å². The summed E-state index contributed by atoms with van der Waals surface area (Å²) in [5, 5.41) is 26.5. The second-order valence-corrected chi connectivity index (χ2v) is 8.46. The zero-order valence-corrected chi connectivity index (χ0v) is 18.7. The van der Waals surface area contributed by atoms with Crippen molar-refractivity contribution in [2.75, 3.05) is 6.54 Å². The van der Waals surface area contributed by atoms with Crippen LogP contribution in [0.2, 0.25) is 5.02 Å². The Morgan fingerprint density at radius 2 is 2.03 bits per heavy atom. The molecule has 160 valence electrons. The number of amides is 1. The van der Waals surface area contributed by atoms with Crippen LogP contribution in [0, 0.1) is 25.2 Å². The van der Waals surface area contributed by atoms with E-state index in [1.54, 1.807) is 38.2 Å². The first-order valence-corrected chi connectivity index (χ1v) is 10.2. The Morgan fingerprint density at radius 1 is 1.29 bits per heavy atom. The number of benzene rings is 1. The SMILES string of the molecule is Cc1nn(Cc2ccc(C(=O)NCC(C)(C)O)nc2)c(C)c1-c1ccc(C#N)c(Cl)c1. The van der Waals surface area contributed by atoms with Crippen molar-refractivity contribution in [2.24, 2.45) is 0 Å². The summed E-state index contributed by atoms with van der Waals surface area (Å²) < 4.78 is 1.88. The molecule has 3 rings (SSSR count). The minimum absolute atomic E-state index is 0.142. The molecule has 7 nitrogen and oxygen atoms in total. The Bertz CT molecular complexity index is 1150. The van der Waals surface area contributed by atoms with E-state index in [9.17, 15) is 9.90 Å². The van der Waals surface area contributed by atoms with Gasteiger partial charge in [0.2, 0.25) is 0 Å². The van der Waals surface area contributed by atoms with Gasteiger partial charge in [-0.2, -0.15) is 10.4 Å². The van der Waals surface area contributed by atoms with Crippen LogP contribution in [-0.2, 0) is 6.54 Å². The highest BCUT2D eigenvalue weighted by atomic mass is 35.5. The molecular formula is C23H24ClN5O2. The molecule has 0 aliphatic carbocycles. The van der Waals surface area contributed by atoms with Crippen molar-refractivity contribution in [1.82, 2.24) is 20.1 Å². The molecule has 0 aliphatic heterocycles. The summed E-state index contributed by atoms with van der Waals surface area (Å²) in [5.74, 6) is -0.334. The van der Waals surface area contributed by atoms with Gasteiger partial charge in [0.25, 0.3) is 5.91 Å². The smallest absolute Gasteiger partial charge is 0.269 e. The summed E-state index contributed by atoms with van der Waals surface area (Å²) in [4.78, 5) is 16.4. The lowest BCUT2D eigenvalue weighted by atomic mass is 10.0. The molecule has 8 heteroatoms. The van der Waals surface area contributed by atoms with E-state index in [1.807, 2.05) is 30.7 Å². The average Bonchev–Trinajstić information content (AvgIpc) is 2.99. The standard InChI is InChI=1S/C23H24ClN5O2/c1-14-21(17-6-7-18(10-25)19(24)9-17)15(2)29(28-14)12-16-5-8-20(26-11-16)22(30)27-13-23(3,4)31/h5-9,11,31H,12-13H2,1-4H3,(H,27,30). The summed E-state index contributed by atoms with van der Waals surface area (Å²) in [7, 11) is 0. The second-order valence-electron chi connectivity index (χ2n) is 8.06. The molecule has 0 saturated heterocycles. The number of carbonyl (C=O) groups excluding carboxylic acids is 1. The Labute approximate surface area is 186 Å². The number of nitrogens with zero attached hydrogens (tertiary/aromatic N) is 4. The molecule has 2 aromatic heterocycles. The largest absolute Gasteiger partial charge is 0.389 e. The summed E-state index contributed by atoms with van der Waals surface area (Å²) in [6.45, 7) is 7.79. The van der Waals surface area contributed by atoms with Crippen molar-refractivity contribution in [2.45, 2.75) is 39.8 Å². The topological polar surface area (TPSA) is 104 Å². The Morgan fingerprint density at radius 3 is 2.61 bits per heavy atom. The summed E-state index contributed by atoms with van der Waals surface area (Å²) in [5.41, 5.74) is 4.33. The number of nitriles is 1. The van der Waals surface area contributed by atoms with Crippen molar-refractivity contribution in [3.05, 3.63) is 69.8 Å². The van der Waals surface area contributed by atoms with Gasteiger partial charge in [-0.3, -0.25) is 14.5 Å². The fraction of sp³-hybridized carbons (Fsp3) is 0.304. The lowest BCUT2D eigenvalue weighted by Gasteiger charge is -2.17. The molecule has 0 radical (unpaired) electrons. The number of pyridine rings is 1. The first kappa shape index (κ1) is 22.5. The number of nitrogens with one attached hydrogen (secondary N) is 1. The number of carbonyl (C=O) groups is 1. The van der Waals surface area contributed by atoms with E-state index in [0.29, 0.717) is 17.1 Å². The van der Waals surface area contributed by atoms with Gasteiger partial charge in [0.15, 0.2) is 0 Å². The maximum Gasteiger partial charge on any atom is 0.269 e. The van der Waals surface area contributed by atoms with Crippen LogP contribution in [-0.4, -0.2) is 37.9 Å². The number of hydrogen-bond donors (Lipinski definition) is 2. The lowest BCUT2D eigenvalue weighted by Crippen LogP contribution is -2.38. The van der Waals surface area contributed by atoms with Crippen molar-refractivity contribution in [3.8, 4) is 17.2 Å². The quantitative estimate of drug-likeness (QED) is 0.612. The molecule has 2 heterocycles. The molecule has 0 aliphatic rings. The third-order valence-corrected chi connectivity index (χ3v) is 5.14. The number of halogens is 1. The first-order valence-electron chi connectivity index (χ1n) is 9.78. The van der Waals surface area contributed by atoms with Crippen LogP contribution in [0.15, 0.2) is 36.5 Å². The van der Waals surface area contributed by atoms with Crippen molar-refractivity contribution in [1.29, 1.82) is 5.26 Å². The Hall–Kier alpha value is -3.21. The highest BCUT2D eigenvalue weighted by molar-refractivity contribution is 6.32. The molecule has 0 spiro atoms. The van der Waals surface area contributed by atoms with E-state index in [0.717, 1.165) is 28.1 Å². The minimum Gasteiger partial charge on any atom is -0.389 e. The average molecular weight is 438 g/mol. The van der Waals surface area contributed by atoms with Gasteiger partial charge in [-0.15, -0.1) is 0 Å². The van der Waals surface area contributed by atoms with Crippen LogP contribution in [0.1, 0.15) is 46.9 Å². The molecule has 0 atom stereocenters. The van der Waals surface area contributed by atoms with Crippen molar-refractivity contribution < 1.29 is 9.90 Å². The minimum atomic E-state index is -0.984. The monoisotopic (exact) mass is 437 g/mol. The molecule has 0 bridgehead atoms. The Balaban J connectivity index is 1.78. The van der Waals surface area contributed by atoms with E-state index in [1.165, 1.54) is 0 Å². The Kier molecular flexibility index (Phi) is 6.44. The fourth-order valence-electron chi connectivity index (χ4n) is 3.24. The van der Waals surface area contributed by atoms with E-state index in [-0.39, 0.29) is 18.1 Å². The number of aliphatic hydroxyl groups is 1. The van der Waals surface area contributed by atoms with Crippen LogP contribution in [0.25, 0.3) is 11.1 Å². The predicted octanol–water partition coefficient (Wildman–Crippen LogP) is 3.64. The van der Waals surface area contributed by atoms with Crippen molar-refractivity contribution in [3.63, 3.8) is 0 Å². The molecule has 31 heavy (non-hydrogen) atoms. The third kappa shape index (κ3) is 5.29. The van der Waals surface area contributed by atoms with E-state index < -0.39 is 5.60 Å². The van der Waals surface area contributed by atoms with Gasteiger partial charge in [0, 0.05) is 24.0 Å². The van der Waals surface area contributed by atoms with Crippen LogP contribution in [0.5, 0.6) is 0 Å².